The van der Waals surface area contributed by atoms with Crippen LogP contribution in [-0.4, -0.2) is 15.7 Å². The highest BCUT2D eigenvalue weighted by Crippen LogP contribution is 2.29. The smallest absolute Gasteiger partial charge is 0.0920 e. The molecule has 1 aromatic rings. The van der Waals surface area contributed by atoms with Crippen LogP contribution in [0.5, 0.6) is 0 Å². The summed E-state index contributed by atoms with van der Waals surface area (Å²) in [6.45, 7) is 0. The second-order valence-corrected chi connectivity index (χ2v) is 4.41. The summed E-state index contributed by atoms with van der Waals surface area (Å²) in [5.74, 6) is 0. The molecule has 4 heteroatoms. The number of alkyl halides is 2. The molecule has 0 fully saturated rings. The Labute approximate surface area is 92.2 Å². The lowest BCUT2D eigenvalue weighted by molar-refractivity contribution is 1.25. The van der Waals surface area contributed by atoms with Gasteiger partial charge in [0.15, 0.2) is 0 Å². The lowest BCUT2D eigenvalue weighted by Crippen LogP contribution is -1.98. The molecule has 0 aliphatic heterocycles. The molecule has 1 rings (SSSR count). The van der Waals surface area contributed by atoms with E-state index in [1.54, 1.807) is 0 Å². The summed E-state index contributed by atoms with van der Waals surface area (Å²) in [7, 11) is 11.4. The molecule has 0 saturated heterocycles. The van der Waals surface area contributed by atoms with E-state index in [0.717, 1.165) is 11.1 Å². The minimum Gasteiger partial charge on any atom is -0.0946 e. The van der Waals surface area contributed by atoms with Gasteiger partial charge in [0.1, 0.15) is 0 Å². The first-order chi connectivity index (χ1) is 5.63. The van der Waals surface area contributed by atoms with E-state index in [-0.39, 0.29) is 9.45 Å². The fourth-order valence-electron chi connectivity index (χ4n) is 1.01. The van der Waals surface area contributed by atoms with Crippen molar-refractivity contribution in [2.24, 2.45) is 0 Å². The van der Waals surface area contributed by atoms with E-state index in [1.807, 2.05) is 24.3 Å². The molecule has 0 nitrogen and oxygen atoms in total. The van der Waals surface area contributed by atoms with E-state index in [9.17, 15) is 0 Å². The summed E-state index contributed by atoms with van der Waals surface area (Å²) in [5.41, 5.74) is 2.03. The Kier molecular flexibility index (Phi) is 3.91. The zero-order valence-electron chi connectivity index (χ0n) is 6.37. The zero-order valence-corrected chi connectivity index (χ0v) is 9.55. The molecule has 0 aromatic heterocycles. The number of halogens is 2. The second kappa shape index (κ2) is 4.52. The molecule has 0 spiro atoms. The van der Waals surface area contributed by atoms with Crippen LogP contribution in [0.1, 0.15) is 20.6 Å². The normalized spacial score (nSPS) is 15.5. The molecule has 12 heavy (non-hydrogen) atoms. The van der Waals surface area contributed by atoms with Gasteiger partial charge < -0.3 is 0 Å². The first-order valence-electron chi connectivity index (χ1n) is 3.51. The van der Waals surface area contributed by atoms with Crippen LogP contribution in [0, 0.1) is 0 Å². The first-order valence-corrected chi connectivity index (χ1v) is 5.34. The minimum atomic E-state index is -0.155. The molecule has 4 radical (unpaired) electrons. The van der Waals surface area contributed by atoms with Crippen molar-refractivity contribution in [1.29, 1.82) is 0 Å². The average molecular weight is 284 g/mol. The van der Waals surface area contributed by atoms with Crippen LogP contribution in [0.3, 0.4) is 0 Å². The third kappa shape index (κ3) is 2.40. The summed E-state index contributed by atoms with van der Waals surface area (Å²) < 4.78 is -0.311. The first kappa shape index (κ1) is 10.4. The van der Waals surface area contributed by atoms with E-state index < -0.39 is 0 Å². The summed E-state index contributed by atoms with van der Waals surface area (Å²) in [6, 6.07) is 7.79. The van der Waals surface area contributed by atoms with Gasteiger partial charge in [0, 0.05) is 9.45 Å². The van der Waals surface area contributed by atoms with E-state index in [0.29, 0.717) is 0 Å². The second-order valence-electron chi connectivity index (χ2n) is 2.43. The standard InChI is InChI=1S/C8H6B2Br2/c9-7(11)5-3-1-2-4-6(5)8(10)12/h1-4,7-8H. The Morgan fingerprint density at radius 3 is 1.50 bits per heavy atom. The fourth-order valence-corrected chi connectivity index (χ4v) is 1.85. The van der Waals surface area contributed by atoms with Gasteiger partial charge in [-0.1, -0.05) is 56.1 Å². The molecule has 58 valence electrons. The minimum absolute atomic E-state index is 0.155. The quantitative estimate of drug-likeness (QED) is 0.578. The molecule has 0 heterocycles. The van der Waals surface area contributed by atoms with Crippen LogP contribution in [0.2, 0.25) is 0 Å². The predicted octanol–water partition coefficient (Wildman–Crippen LogP) is 2.81. The Morgan fingerprint density at radius 1 is 0.917 bits per heavy atom. The molecule has 0 aliphatic carbocycles. The molecule has 0 saturated carbocycles. The van der Waals surface area contributed by atoms with Crippen LogP contribution >= 0.6 is 31.9 Å². The van der Waals surface area contributed by atoms with Crippen LogP contribution < -0.4 is 0 Å². The van der Waals surface area contributed by atoms with Gasteiger partial charge in [-0.3, -0.25) is 0 Å². The maximum atomic E-state index is 5.69. The van der Waals surface area contributed by atoms with E-state index in [4.69, 9.17) is 15.7 Å². The highest BCUT2D eigenvalue weighted by molar-refractivity contribution is 9.10. The third-order valence-corrected chi connectivity index (χ3v) is 2.58. The molecule has 0 bridgehead atoms. The maximum absolute atomic E-state index is 5.69. The summed E-state index contributed by atoms with van der Waals surface area (Å²) in [5, 5.41) is 0. The molecule has 2 unspecified atom stereocenters. The lowest BCUT2D eigenvalue weighted by atomic mass is 9.86. The Bertz CT molecular complexity index is 234. The van der Waals surface area contributed by atoms with Crippen molar-refractivity contribution in [2.75, 3.05) is 0 Å². The van der Waals surface area contributed by atoms with Gasteiger partial charge in [-0.15, -0.1) is 0 Å². The monoisotopic (exact) mass is 282 g/mol. The zero-order chi connectivity index (χ0) is 9.14. The van der Waals surface area contributed by atoms with Gasteiger partial charge in [0.2, 0.25) is 0 Å². The van der Waals surface area contributed by atoms with Crippen LogP contribution in [-0.2, 0) is 0 Å². The molecule has 0 aliphatic rings. The SMILES string of the molecule is [B]C(Br)c1ccccc1C([B])Br. The van der Waals surface area contributed by atoms with Crippen molar-refractivity contribution < 1.29 is 0 Å². The van der Waals surface area contributed by atoms with Crippen molar-refractivity contribution in [2.45, 2.75) is 9.45 Å². The number of hydrogen-bond acceptors (Lipinski definition) is 0. The Hall–Kier alpha value is 0.310. The number of hydrogen-bond donors (Lipinski definition) is 0. The molecule has 0 amide bonds. The van der Waals surface area contributed by atoms with Gasteiger partial charge in [-0.05, 0) is 11.1 Å². The molecular weight excluding hydrogens is 278 g/mol. The molecule has 2 atom stereocenters. The third-order valence-electron chi connectivity index (χ3n) is 1.59. The van der Waals surface area contributed by atoms with Gasteiger partial charge in [0.25, 0.3) is 0 Å². The highest BCUT2D eigenvalue weighted by atomic mass is 79.9. The predicted molar refractivity (Wildman–Crippen MR) is 61.3 cm³/mol. The summed E-state index contributed by atoms with van der Waals surface area (Å²) >= 11 is 6.61. The average Bonchev–Trinajstić information content (AvgIpc) is 2.04. The van der Waals surface area contributed by atoms with Crippen LogP contribution in [0.4, 0.5) is 0 Å². The van der Waals surface area contributed by atoms with Crippen LogP contribution in [0.15, 0.2) is 24.3 Å². The largest absolute Gasteiger partial charge is 0.0946 e. The lowest BCUT2D eigenvalue weighted by Gasteiger charge is -2.13. The molecule has 0 N–H and O–H groups in total. The van der Waals surface area contributed by atoms with Crippen molar-refractivity contribution in [3.05, 3.63) is 35.4 Å². The van der Waals surface area contributed by atoms with E-state index in [1.165, 1.54) is 0 Å². The van der Waals surface area contributed by atoms with Crippen molar-refractivity contribution in [3.8, 4) is 0 Å². The summed E-state index contributed by atoms with van der Waals surface area (Å²) in [4.78, 5) is 0. The van der Waals surface area contributed by atoms with Crippen LogP contribution in [0.25, 0.3) is 0 Å². The number of rotatable bonds is 2. The van der Waals surface area contributed by atoms with E-state index >= 15 is 0 Å². The topological polar surface area (TPSA) is 0 Å². The van der Waals surface area contributed by atoms with Crippen molar-refractivity contribution >= 4 is 47.6 Å². The van der Waals surface area contributed by atoms with Gasteiger partial charge >= 0.3 is 0 Å². The molecular formula is C8H6B2Br2. The fraction of sp³-hybridized carbons (Fsp3) is 0.250. The highest BCUT2D eigenvalue weighted by Gasteiger charge is 2.09. The van der Waals surface area contributed by atoms with E-state index in [2.05, 4.69) is 31.9 Å². The van der Waals surface area contributed by atoms with Gasteiger partial charge in [0.05, 0.1) is 15.7 Å². The molecule has 1 aromatic carbocycles. The van der Waals surface area contributed by atoms with Gasteiger partial charge in [-0.25, -0.2) is 0 Å². The van der Waals surface area contributed by atoms with Crippen molar-refractivity contribution in [3.63, 3.8) is 0 Å². The Morgan fingerprint density at radius 2 is 1.25 bits per heavy atom. The van der Waals surface area contributed by atoms with Gasteiger partial charge in [-0.2, -0.15) is 0 Å². The summed E-state index contributed by atoms with van der Waals surface area (Å²) in [6.07, 6.45) is 0. The Balaban J connectivity index is 3.09. The number of benzene rings is 1. The van der Waals surface area contributed by atoms with Crippen molar-refractivity contribution in [1.82, 2.24) is 0 Å². The maximum Gasteiger partial charge on any atom is 0.0920 e.